The largest absolute Gasteiger partial charge is 0.435 e. The van der Waals surface area contributed by atoms with Crippen molar-refractivity contribution >= 4 is 16.6 Å². The summed E-state index contributed by atoms with van der Waals surface area (Å²) < 4.78 is 29.0. The number of nitrogens with one attached hydrogen (secondary N) is 1. The third-order valence-corrected chi connectivity index (χ3v) is 3.09. The summed E-state index contributed by atoms with van der Waals surface area (Å²) in [6.07, 6.45) is 0.824. The van der Waals surface area contributed by atoms with Crippen molar-refractivity contribution in [3.63, 3.8) is 0 Å². The summed E-state index contributed by atoms with van der Waals surface area (Å²) in [6, 6.07) is 4.80. The van der Waals surface area contributed by atoms with Crippen molar-refractivity contribution in [1.82, 2.24) is 4.98 Å². The summed E-state index contributed by atoms with van der Waals surface area (Å²) in [5, 5.41) is 3.92. The first kappa shape index (κ1) is 13.5. The summed E-state index contributed by atoms with van der Waals surface area (Å²) in [5.41, 5.74) is 3.72. The van der Waals surface area contributed by atoms with Gasteiger partial charge in [-0.2, -0.15) is 8.78 Å². The van der Waals surface area contributed by atoms with Crippen LogP contribution in [0.2, 0.25) is 0 Å². The fourth-order valence-electron chi connectivity index (χ4n) is 2.30. The van der Waals surface area contributed by atoms with Crippen LogP contribution in [0.15, 0.2) is 18.2 Å². The Balaban J connectivity index is 2.65. The Morgan fingerprint density at radius 2 is 2.11 bits per heavy atom. The smallest absolute Gasteiger partial charge is 0.387 e. The molecule has 3 nitrogen and oxygen atoms in total. The molecule has 0 spiro atoms. The number of hydrogen-bond acceptors (Lipinski definition) is 3. The lowest BCUT2D eigenvalue weighted by Crippen LogP contribution is -2.04. The lowest BCUT2D eigenvalue weighted by Gasteiger charge is -2.14. The molecule has 5 heteroatoms. The molecule has 102 valence electrons. The molecule has 0 saturated heterocycles. The summed E-state index contributed by atoms with van der Waals surface area (Å²) >= 11 is 0. The van der Waals surface area contributed by atoms with Crippen molar-refractivity contribution in [3.8, 4) is 5.75 Å². The number of aryl methyl sites for hydroxylation is 1. The molecule has 0 fully saturated rings. The van der Waals surface area contributed by atoms with Gasteiger partial charge in [-0.3, -0.25) is 4.98 Å². The number of fused-ring (bicyclic) bond motifs is 1. The molecule has 1 aromatic heterocycles. The first-order chi connectivity index (χ1) is 9.06. The van der Waals surface area contributed by atoms with Gasteiger partial charge in [0.15, 0.2) is 0 Å². The second kappa shape index (κ2) is 5.38. The van der Waals surface area contributed by atoms with Gasteiger partial charge in [-0.05, 0) is 37.1 Å². The molecule has 0 aliphatic carbocycles. The zero-order valence-electron chi connectivity index (χ0n) is 11.1. The molecule has 0 aliphatic rings. The first-order valence-electron chi connectivity index (χ1n) is 6.12. The molecule has 0 atom stereocenters. The molecule has 19 heavy (non-hydrogen) atoms. The normalized spacial score (nSPS) is 11.1. The van der Waals surface area contributed by atoms with E-state index in [4.69, 9.17) is 0 Å². The molecule has 0 radical (unpaired) electrons. The molecule has 2 rings (SSSR count). The number of alkyl halides is 2. The van der Waals surface area contributed by atoms with Crippen molar-refractivity contribution in [2.24, 2.45) is 0 Å². The van der Waals surface area contributed by atoms with E-state index >= 15 is 0 Å². The van der Waals surface area contributed by atoms with E-state index in [2.05, 4.69) is 15.0 Å². The molecule has 0 saturated carbocycles. The van der Waals surface area contributed by atoms with Crippen molar-refractivity contribution in [1.29, 1.82) is 0 Å². The van der Waals surface area contributed by atoms with Gasteiger partial charge in [0.05, 0.1) is 5.52 Å². The topological polar surface area (TPSA) is 34.1 Å². The number of nitrogens with zero attached hydrogens (tertiary/aromatic N) is 1. The van der Waals surface area contributed by atoms with Crippen LogP contribution < -0.4 is 10.1 Å². The Kier molecular flexibility index (Phi) is 3.83. The van der Waals surface area contributed by atoms with Gasteiger partial charge in [0, 0.05) is 23.8 Å². The van der Waals surface area contributed by atoms with Crippen LogP contribution >= 0.6 is 0 Å². The highest BCUT2D eigenvalue weighted by Gasteiger charge is 2.12. The van der Waals surface area contributed by atoms with Gasteiger partial charge in [-0.15, -0.1) is 0 Å². The Labute approximate surface area is 110 Å². The summed E-state index contributed by atoms with van der Waals surface area (Å²) in [6.45, 7) is 1.17. The van der Waals surface area contributed by atoms with Gasteiger partial charge in [-0.25, -0.2) is 0 Å². The van der Waals surface area contributed by atoms with Gasteiger partial charge in [0.1, 0.15) is 5.75 Å². The van der Waals surface area contributed by atoms with E-state index in [1.165, 1.54) is 6.07 Å². The van der Waals surface area contributed by atoms with E-state index in [1.807, 2.05) is 20.9 Å². The highest BCUT2D eigenvalue weighted by atomic mass is 19.3. The molecule has 0 bridgehead atoms. The molecule has 0 unspecified atom stereocenters. The van der Waals surface area contributed by atoms with Crippen LogP contribution in [0.1, 0.15) is 18.2 Å². The van der Waals surface area contributed by atoms with Crippen molar-refractivity contribution in [2.75, 3.05) is 12.4 Å². The summed E-state index contributed by atoms with van der Waals surface area (Å²) in [4.78, 5) is 4.49. The Hall–Kier alpha value is -1.91. The maximum Gasteiger partial charge on any atom is 0.387 e. The van der Waals surface area contributed by atoms with Crippen LogP contribution in [0.5, 0.6) is 5.75 Å². The lowest BCUT2D eigenvalue weighted by atomic mass is 10.0. The van der Waals surface area contributed by atoms with E-state index in [0.717, 1.165) is 34.3 Å². The van der Waals surface area contributed by atoms with Crippen LogP contribution in [0, 0.1) is 6.92 Å². The molecule has 0 aliphatic heterocycles. The average molecular weight is 266 g/mol. The van der Waals surface area contributed by atoms with Gasteiger partial charge >= 0.3 is 6.61 Å². The number of anilines is 1. The number of aromatic nitrogens is 1. The third-order valence-electron chi connectivity index (χ3n) is 3.09. The quantitative estimate of drug-likeness (QED) is 0.915. The maximum absolute atomic E-state index is 12.3. The predicted molar refractivity (Wildman–Crippen MR) is 72.0 cm³/mol. The summed E-state index contributed by atoms with van der Waals surface area (Å²) in [7, 11) is 1.81. The predicted octanol–water partition coefficient (Wildman–Crippen LogP) is 3.75. The van der Waals surface area contributed by atoms with E-state index in [-0.39, 0.29) is 5.75 Å². The standard InChI is InChI=1S/C14H16F2N2O/c1-4-10-8(2)18-12-6-5-9(19-14(15)16)7-11(12)13(10)17-3/h5-7,14H,4H2,1-3H3,(H,17,18). The molecular formula is C14H16F2N2O. The number of ether oxygens (including phenoxy) is 1. The molecular weight excluding hydrogens is 250 g/mol. The van der Waals surface area contributed by atoms with Crippen LogP contribution in [-0.4, -0.2) is 18.6 Å². The highest BCUT2D eigenvalue weighted by Crippen LogP contribution is 2.31. The summed E-state index contributed by atoms with van der Waals surface area (Å²) in [5.74, 6) is 0.145. The maximum atomic E-state index is 12.3. The van der Waals surface area contributed by atoms with Crippen molar-refractivity contribution < 1.29 is 13.5 Å². The van der Waals surface area contributed by atoms with Crippen LogP contribution in [0.4, 0.5) is 14.5 Å². The fourth-order valence-corrected chi connectivity index (χ4v) is 2.30. The van der Waals surface area contributed by atoms with Crippen molar-refractivity contribution in [2.45, 2.75) is 26.9 Å². The number of hydrogen-bond donors (Lipinski definition) is 1. The minimum absolute atomic E-state index is 0.145. The highest BCUT2D eigenvalue weighted by molar-refractivity contribution is 5.94. The van der Waals surface area contributed by atoms with Gasteiger partial charge in [-0.1, -0.05) is 6.92 Å². The van der Waals surface area contributed by atoms with E-state index in [1.54, 1.807) is 12.1 Å². The average Bonchev–Trinajstić information content (AvgIpc) is 2.36. The molecule has 1 heterocycles. The van der Waals surface area contributed by atoms with Gasteiger partial charge < -0.3 is 10.1 Å². The molecule has 1 aromatic carbocycles. The zero-order chi connectivity index (χ0) is 14.0. The van der Waals surface area contributed by atoms with Crippen LogP contribution in [0.3, 0.4) is 0 Å². The second-order valence-corrected chi connectivity index (χ2v) is 4.21. The van der Waals surface area contributed by atoms with E-state index in [0.29, 0.717) is 0 Å². The molecule has 0 amide bonds. The molecule has 1 N–H and O–H groups in total. The van der Waals surface area contributed by atoms with Gasteiger partial charge in [0.2, 0.25) is 0 Å². The van der Waals surface area contributed by atoms with Gasteiger partial charge in [0.25, 0.3) is 0 Å². The zero-order valence-corrected chi connectivity index (χ0v) is 11.1. The van der Waals surface area contributed by atoms with E-state index in [9.17, 15) is 8.78 Å². The second-order valence-electron chi connectivity index (χ2n) is 4.21. The first-order valence-corrected chi connectivity index (χ1v) is 6.12. The Morgan fingerprint density at radius 3 is 2.68 bits per heavy atom. The monoisotopic (exact) mass is 266 g/mol. The number of pyridine rings is 1. The Morgan fingerprint density at radius 1 is 1.37 bits per heavy atom. The van der Waals surface area contributed by atoms with Crippen LogP contribution in [-0.2, 0) is 6.42 Å². The number of rotatable bonds is 4. The number of halogens is 2. The van der Waals surface area contributed by atoms with Crippen molar-refractivity contribution in [3.05, 3.63) is 29.5 Å². The number of benzene rings is 1. The van der Waals surface area contributed by atoms with E-state index < -0.39 is 6.61 Å². The van der Waals surface area contributed by atoms with Crippen LogP contribution in [0.25, 0.3) is 10.9 Å². The molecule has 2 aromatic rings. The third kappa shape index (κ3) is 2.59. The fraction of sp³-hybridized carbons (Fsp3) is 0.357. The minimum Gasteiger partial charge on any atom is -0.435 e. The minimum atomic E-state index is -2.82. The Bertz CT molecular complexity index is 600. The lowest BCUT2D eigenvalue weighted by molar-refractivity contribution is -0.0497. The SMILES string of the molecule is CCc1c(C)nc2ccc(OC(F)F)cc2c1NC.